The van der Waals surface area contributed by atoms with Gasteiger partial charge in [0.15, 0.2) is 0 Å². The van der Waals surface area contributed by atoms with E-state index in [1.807, 2.05) is 0 Å². The van der Waals surface area contributed by atoms with Crippen LogP contribution in [0.25, 0.3) is 0 Å². The van der Waals surface area contributed by atoms with Crippen LogP contribution in [0.2, 0.25) is 0 Å². The lowest BCUT2D eigenvalue weighted by Crippen LogP contribution is -2.14. The summed E-state index contributed by atoms with van der Waals surface area (Å²) in [7, 11) is 0. The molecular formula is C12H8BrFN2O. The molecule has 0 unspecified atom stereocenters. The third kappa shape index (κ3) is 2.68. The Morgan fingerprint density at radius 3 is 2.76 bits per heavy atom. The fourth-order valence-electron chi connectivity index (χ4n) is 1.30. The van der Waals surface area contributed by atoms with Crippen LogP contribution in [-0.4, -0.2) is 10.9 Å². The average molecular weight is 295 g/mol. The first kappa shape index (κ1) is 11.7. The van der Waals surface area contributed by atoms with Crippen molar-refractivity contribution in [3.8, 4) is 0 Å². The predicted molar refractivity (Wildman–Crippen MR) is 66.3 cm³/mol. The van der Waals surface area contributed by atoms with Crippen molar-refractivity contribution in [1.82, 2.24) is 4.98 Å². The molecule has 0 spiro atoms. The monoisotopic (exact) mass is 294 g/mol. The van der Waals surface area contributed by atoms with E-state index in [2.05, 4.69) is 26.2 Å². The van der Waals surface area contributed by atoms with E-state index < -0.39 is 11.7 Å². The van der Waals surface area contributed by atoms with Gasteiger partial charge < -0.3 is 5.32 Å². The number of aromatic nitrogens is 1. The number of halogens is 2. The Labute approximate surface area is 106 Å². The van der Waals surface area contributed by atoms with Crippen molar-refractivity contribution >= 4 is 27.7 Å². The molecule has 2 rings (SSSR count). The number of hydrogen-bond acceptors (Lipinski definition) is 2. The van der Waals surface area contributed by atoms with E-state index >= 15 is 0 Å². The summed E-state index contributed by atoms with van der Waals surface area (Å²) in [4.78, 5) is 15.7. The van der Waals surface area contributed by atoms with Crippen LogP contribution >= 0.6 is 15.9 Å². The number of carbonyl (C=O) groups is 1. The molecule has 0 bridgehead atoms. The number of benzene rings is 1. The highest BCUT2D eigenvalue weighted by molar-refractivity contribution is 9.10. The van der Waals surface area contributed by atoms with Gasteiger partial charge in [0.05, 0.1) is 10.0 Å². The van der Waals surface area contributed by atoms with Crippen LogP contribution in [-0.2, 0) is 0 Å². The molecule has 0 fully saturated rings. The molecular weight excluding hydrogens is 287 g/mol. The zero-order chi connectivity index (χ0) is 12.3. The van der Waals surface area contributed by atoms with Crippen LogP contribution in [0.3, 0.4) is 0 Å². The first-order chi connectivity index (χ1) is 8.18. The van der Waals surface area contributed by atoms with Gasteiger partial charge in [-0.25, -0.2) is 9.37 Å². The van der Waals surface area contributed by atoms with Gasteiger partial charge in [0.25, 0.3) is 5.91 Å². The van der Waals surface area contributed by atoms with Crippen molar-refractivity contribution in [2.75, 3.05) is 5.32 Å². The molecule has 2 aromatic rings. The number of pyridine rings is 1. The average Bonchev–Trinajstić information content (AvgIpc) is 2.34. The van der Waals surface area contributed by atoms with E-state index in [1.165, 1.54) is 12.1 Å². The van der Waals surface area contributed by atoms with Gasteiger partial charge in [0.2, 0.25) is 0 Å². The molecule has 0 saturated carbocycles. The van der Waals surface area contributed by atoms with E-state index in [-0.39, 0.29) is 10.0 Å². The van der Waals surface area contributed by atoms with Crippen LogP contribution < -0.4 is 5.32 Å². The minimum absolute atomic E-state index is 0.0231. The Hall–Kier alpha value is -1.75. The van der Waals surface area contributed by atoms with E-state index in [0.29, 0.717) is 5.82 Å². The summed E-state index contributed by atoms with van der Waals surface area (Å²) in [6.45, 7) is 0. The lowest BCUT2D eigenvalue weighted by Gasteiger charge is -2.05. The van der Waals surface area contributed by atoms with Crippen LogP contribution in [0.1, 0.15) is 10.4 Å². The van der Waals surface area contributed by atoms with Crippen molar-refractivity contribution < 1.29 is 9.18 Å². The molecule has 0 aliphatic heterocycles. The van der Waals surface area contributed by atoms with Crippen LogP contribution in [0.4, 0.5) is 10.2 Å². The summed E-state index contributed by atoms with van der Waals surface area (Å²) < 4.78 is 13.9. The lowest BCUT2D eigenvalue weighted by molar-refractivity contribution is 0.102. The zero-order valence-corrected chi connectivity index (χ0v) is 10.2. The summed E-state index contributed by atoms with van der Waals surface area (Å²) in [5.74, 6) is -0.722. The second kappa shape index (κ2) is 5.05. The van der Waals surface area contributed by atoms with Crippen LogP contribution in [0.5, 0.6) is 0 Å². The Bertz CT molecular complexity index is 545. The molecule has 0 aliphatic carbocycles. The molecule has 1 aromatic carbocycles. The molecule has 0 atom stereocenters. The van der Waals surface area contributed by atoms with Gasteiger partial charge in [0, 0.05) is 6.20 Å². The second-order valence-electron chi connectivity index (χ2n) is 3.27. The molecule has 0 aliphatic rings. The van der Waals surface area contributed by atoms with E-state index in [9.17, 15) is 9.18 Å². The summed E-state index contributed by atoms with van der Waals surface area (Å²) >= 11 is 3.03. The molecule has 3 nitrogen and oxygen atoms in total. The number of hydrogen-bond donors (Lipinski definition) is 1. The lowest BCUT2D eigenvalue weighted by atomic mass is 10.2. The van der Waals surface area contributed by atoms with Gasteiger partial charge in [-0.15, -0.1) is 0 Å². The van der Waals surface area contributed by atoms with Gasteiger partial charge in [0.1, 0.15) is 11.6 Å². The standard InChI is InChI=1S/C12H8BrFN2O/c13-9-5-3-4-8(11(9)14)12(17)16-10-6-1-2-7-15-10/h1-7H,(H,15,16,17). The minimum Gasteiger partial charge on any atom is -0.306 e. The summed E-state index contributed by atoms with van der Waals surface area (Å²) in [6.07, 6.45) is 1.55. The third-order valence-electron chi connectivity index (χ3n) is 2.10. The topological polar surface area (TPSA) is 42.0 Å². The molecule has 1 aromatic heterocycles. The van der Waals surface area contributed by atoms with E-state index in [1.54, 1.807) is 30.5 Å². The highest BCUT2D eigenvalue weighted by Gasteiger charge is 2.13. The van der Waals surface area contributed by atoms with Crippen LogP contribution in [0.15, 0.2) is 47.1 Å². The quantitative estimate of drug-likeness (QED) is 0.924. The van der Waals surface area contributed by atoms with Crippen molar-refractivity contribution in [3.63, 3.8) is 0 Å². The minimum atomic E-state index is -0.582. The van der Waals surface area contributed by atoms with E-state index in [4.69, 9.17) is 0 Å². The summed E-state index contributed by atoms with van der Waals surface area (Å²) in [5.41, 5.74) is -0.0231. The highest BCUT2D eigenvalue weighted by atomic mass is 79.9. The smallest absolute Gasteiger partial charge is 0.259 e. The maximum Gasteiger partial charge on any atom is 0.259 e. The Kier molecular flexibility index (Phi) is 3.49. The first-order valence-corrected chi connectivity index (χ1v) is 5.64. The molecule has 5 heteroatoms. The van der Waals surface area contributed by atoms with Gasteiger partial charge in [-0.3, -0.25) is 4.79 Å². The van der Waals surface area contributed by atoms with Crippen molar-refractivity contribution in [2.24, 2.45) is 0 Å². The second-order valence-corrected chi connectivity index (χ2v) is 4.12. The maximum absolute atomic E-state index is 13.6. The Balaban J connectivity index is 2.24. The van der Waals surface area contributed by atoms with E-state index in [0.717, 1.165) is 0 Å². The Morgan fingerprint density at radius 2 is 2.06 bits per heavy atom. The van der Waals surface area contributed by atoms with Gasteiger partial charge >= 0.3 is 0 Å². The van der Waals surface area contributed by atoms with Gasteiger partial charge in [-0.05, 0) is 40.2 Å². The molecule has 0 radical (unpaired) electrons. The number of amides is 1. The maximum atomic E-state index is 13.6. The largest absolute Gasteiger partial charge is 0.306 e. The molecule has 0 saturated heterocycles. The zero-order valence-electron chi connectivity index (χ0n) is 8.65. The normalized spacial score (nSPS) is 10.0. The number of nitrogens with zero attached hydrogens (tertiary/aromatic N) is 1. The fourth-order valence-corrected chi connectivity index (χ4v) is 1.67. The number of anilines is 1. The third-order valence-corrected chi connectivity index (χ3v) is 2.72. The fraction of sp³-hybridized carbons (Fsp3) is 0. The number of carbonyl (C=O) groups excluding carboxylic acids is 1. The molecule has 1 amide bonds. The van der Waals surface area contributed by atoms with Gasteiger partial charge in [-0.2, -0.15) is 0 Å². The molecule has 17 heavy (non-hydrogen) atoms. The predicted octanol–water partition coefficient (Wildman–Crippen LogP) is 3.24. The molecule has 1 N–H and O–H groups in total. The summed E-state index contributed by atoms with van der Waals surface area (Å²) in [5, 5.41) is 2.52. The Morgan fingerprint density at radius 1 is 1.24 bits per heavy atom. The molecule has 1 heterocycles. The highest BCUT2D eigenvalue weighted by Crippen LogP contribution is 2.19. The number of nitrogens with one attached hydrogen (secondary N) is 1. The first-order valence-electron chi connectivity index (χ1n) is 4.85. The SMILES string of the molecule is O=C(Nc1ccccn1)c1cccc(Br)c1F. The van der Waals surface area contributed by atoms with Crippen molar-refractivity contribution in [2.45, 2.75) is 0 Å². The van der Waals surface area contributed by atoms with Crippen molar-refractivity contribution in [3.05, 3.63) is 58.4 Å². The molecule has 86 valence electrons. The van der Waals surface area contributed by atoms with Crippen molar-refractivity contribution in [1.29, 1.82) is 0 Å². The van der Waals surface area contributed by atoms with Crippen LogP contribution in [0, 0.1) is 5.82 Å². The van der Waals surface area contributed by atoms with Gasteiger partial charge in [-0.1, -0.05) is 12.1 Å². The summed E-state index contributed by atoms with van der Waals surface area (Å²) in [6, 6.07) is 9.65. The number of rotatable bonds is 2.